The maximum Gasteiger partial charge on any atom is 0.407 e. The molecule has 1 unspecified atom stereocenters. The zero-order chi connectivity index (χ0) is 17.7. The highest BCUT2D eigenvalue weighted by atomic mass is 32.2. The Labute approximate surface area is 137 Å². The Hall–Kier alpha value is -1.64. The third-order valence-corrected chi connectivity index (χ3v) is 3.84. The summed E-state index contributed by atoms with van der Waals surface area (Å²) in [5.41, 5.74) is 0.271. The lowest BCUT2D eigenvalue weighted by molar-refractivity contribution is 0.0528. The summed E-state index contributed by atoms with van der Waals surface area (Å²) in [7, 11) is -3.71. The number of sulfonamides is 1. The molecule has 0 saturated heterocycles. The second kappa shape index (κ2) is 7.76. The molecule has 1 aromatic carbocycles. The smallest absolute Gasteiger partial charge is 0.407 e. The lowest BCUT2D eigenvalue weighted by Gasteiger charge is -2.20. The van der Waals surface area contributed by atoms with Crippen LogP contribution >= 0.6 is 0 Å². The molecule has 8 heteroatoms. The minimum atomic E-state index is -3.71. The Morgan fingerprint density at radius 3 is 2.52 bits per heavy atom. The average molecular weight is 343 g/mol. The first kappa shape index (κ1) is 19.4. The largest absolute Gasteiger partial charge is 0.444 e. The number of ether oxygens (including phenoxy) is 1. The molecule has 7 nitrogen and oxygen atoms in total. The van der Waals surface area contributed by atoms with Gasteiger partial charge in [-0.25, -0.2) is 18.4 Å². The molecule has 1 atom stereocenters. The second-order valence-corrected chi connectivity index (χ2v) is 7.78. The molecule has 130 valence electrons. The predicted octanol–water partition coefficient (Wildman–Crippen LogP) is 1.51. The molecule has 0 aromatic heterocycles. The maximum absolute atomic E-state index is 11.5. The van der Waals surface area contributed by atoms with Crippen LogP contribution in [0.15, 0.2) is 29.2 Å². The Bertz CT molecular complexity index is 638. The first-order chi connectivity index (χ1) is 10.5. The lowest BCUT2D eigenvalue weighted by atomic mass is 10.1. The molecular formula is C15H25N3O4S. The summed E-state index contributed by atoms with van der Waals surface area (Å²) in [5.74, 6) is 0. The third kappa shape index (κ3) is 7.45. The van der Waals surface area contributed by atoms with E-state index in [1.165, 1.54) is 12.1 Å². The highest BCUT2D eigenvalue weighted by molar-refractivity contribution is 7.89. The third-order valence-electron chi connectivity index (χ3n) is 2.93. The van der Waals surface area contributed by atoms with Gasteiger partial charge >= 0.3 is 6.09 Å². The number of nitrogens with two attached hydrogens (primary N) is 1. The Morgan fingerprint density at radius 1 is 1.30 bits per heavy atom. The first-order valence-corrected chi connectivity index (χ1v) is 8.87. The van der Waals surface area contributed by atoms with Crippen LogP contribution in [0.5, 0.6) is 0 Å². The molecule has 0 aliphatic carbocycles. The van der Waals surface area contributed by atoms with E-state index < -0.39 is 21.7 Å². The number of hydrogen-bond acceptors (Lipinski definition) is 5. The van der Waals surface area contributed by atoms with Crippen molar-refractivity contribution in [3.63, 3.8) is 0 Å². The van der Waals surface area contributed by atoms with Crippen LogP contribution in [-0.4, -0.2) is 33.2 Å². The molecule has 1 amide bonds. The predicted molar refractivity (Wildman–Crippen MR) is 88.5 cm³/mol. The van der Waals surface area contributed by atoms with Crippen LogP contribution in [0.3, 0.4) is 0 Å². The van der Waals surface area contributed by atoms with Gasteiger partial charge in [0.15, 0.2) is 0 Å². The minimum absolute atomic E-state index is 0.0792. The number of nitrogens with one attached hydrogen (secondary N) is 2. The monoisotopic (exact) mass is 343 g/mol. The minimum Gasteiger partial charge on any atom is -0.444 e. The van der Waals surface area contributed by atoms with Crippen molar-refractivity contribution in [2.75, 3.05) is 13.1 Å². The lowest BCUT2D eigenvalue weighted by Crippen LogP contribution is -2.36. The number of rotatable bonds is 6. The fraction of sp³-hybridized carbons (Fsp3) is 0.533. The highest BCUT2D eigenvalue weighted by Crippen LogP contribution is 2.16. The highest BCUT2D eigenvalue weighted by Gasteiger charge is 2.15. The Morgan fingerprint density at radius 2 is 1.96 bits per heavy atom. The van der Waals surface area contributed by atoms with Gasteiger partial charge in [0.05, 0.1) is 4.90 Å². The van der Waals surface area contributed by atoms with Crippen LogP contribution in [0.4, 0.5) is 4.79 Å². The molecular weight excluding hydrogens is 318 g/mol. The van der Waals surface area contributed by atoms with Gasteiger partial charge in [-0.3, -0.25) is 0 Å². The van der Waals surface area contributed by atoms with E-state index >= 15 is 0 Å². The normalized spacial score (nSPS) is 13.4. The quantitative estimate of drug-likeness (QED) is 0.678. The van der Waals surface area contributed by atoms with Gasteiger partial charge in [-0.15, -0.1) is 0 Å². The summed E-state index contributed by atoms with van der Waals surface area (Å²) in [6.45, 7) is 8.20. The van der Waals surface area contributed by atoms with Crippen molar-refractivity contribution in [1.29, 1.82) is 0 Å². The fourth-order valence-corrected chi connectivity index (χ4v) is 2.41. The van der Waals surface area contributed by atoms with Gasteiger partial charge in [-0.1, -0.05) is 12.1 Å². The number of carbonyl (C=O) groups excluding carboxylic acids is 1. The van der Waals surface area contributed by atoms with Crippen LogP contribution in [0.1, 0.15) is 39.3 Å². The zero-order valence-electron chi connectivity index (χ0n) is 13.9. The van der Waals surface area contributed by atoms with Crippen molar-refractivity contribution in [2.24, 2.45) is 5.14 Å². The number of amides is 1. The Balaban J connectivity index is 2.46. The summed E-state index contributed by atoms with van der Waals surface area (Å²) in [4.78, 5) is 11.6. The van der Waals surface area contributed by atoms with Crippen LogP contribution in [-0.2, 0) is 14.8 Å². The van der Waals surface area contributed by atoms with E-state index in [0.717, 1.165) is 5.56 Å². The van der Waals surface area contributed by atoms with Gasteiger partial charge in [0.2, 0.25) is 10.0 Å². The zero-order valence-corrected chi connectivity index (χ0v) is 14.7. The summed E-state index contributed by atoms with van der Waals surface area (Å²) in [6, 6.07) is 6.36. The number of carbonyl (C=O) groups is 1. The van der Waals surface area contributed by atoms with Crippen LogP contribution in [0.25, 0.3) is 0 Å². The SMILES string of the molecule is CC(NCCNC(=O)OC(C)(C)C)c1cccc(S(N)(=O)=O)c1. The number of alkyl carbamates (subject to hydrolysis) is 1. The van der Waals surface area contributed by atoms with Crippen molar-refractivity contribution >= 4 is 16.1 Å². The molecule has 0 fully saturated rings. The number of primary sulfonamides is 1. The Kier molecular flexibility index (Phi) is 6.55. The van der Waals surface area contributed by atoms with E-state index in [9.17, 15) is 13.2 Å². The van der Waals surface area contributed by atoms with E-state index in [0.29, 0.717) is 13.1 Å². The van der Waals surface area contributed by atoms with E-state index in [1.807, 2.05) is 13.0 Å². The fourth-order valence-electron chi connectivity index (χ4n) is 1.85. The van der Waals surface area contributed by atoms with Gasteiger partial charge in [-0.2, -0.15) is 0 Å². The second-order valence-electron chi connectivity index (χ2n) is 6.22. The topological polar surface area (TPSA) is 111 Å². The standard InChI is InChI=1S/C15H25N3O4S/c1-11(12-6-5-7-13(10-12)23(16,20)21)17-8-9-18-14(19)22-15(2,3)4/h5-7,10-11,17H,8-9H2,1-4H3,(H,18,19)(H2,16,20,21). The number of hydrogen-bond donors (Lipinski definition) is 3. The molecule has 0 aliphatic rings. The average Bonchev–Trinajstić information content (AvgIpc) is 2.40. The van der Waals surface area contributed by atoms with Gasteiger partial charge in [-0.05, 0) is 45.4 Å². The molecule has 0 spiro atoms. The molecule has 0 bridgehead atoms. The van der Waals surface area contributed by atoms with E-state index in [2.05, 4.69) is 10.6 Å². The molecule has 0 aliphatic heterocycles. The summed E-state index contributed by atoms with van der Waals surface area (Å²) < 4.78 is 27.8. The van der Waals surface area contributed by atoms with Crippen molar-refractivity contribution in [2.45, 2.75) is 44.2 Å². The first-order valence-electron chi connectivity index (χ1n) is 7.32. The van der Waals surface area contributed by atoms with E-state index in [-0.39, 0.29) is 10.9 Å². The van der Waals surface area contributed by atoms with Gasteiger partial charge < -0.3 is 15.4 Å². The van der Waals surface area contributed by atoms with Gasteiger partial charge in [0.1, 0.15) is 5.60 Å². The van der Waals surface area contributed by atoms with E-state index in [4.69, 9.17) is 9.88 Å². The number of benzene rings is 1. The van der Waals surface area contributed by atoms with Crippen LogP contribution in [0, 0.1) is 0 Å². The summed E-state index contributed by atoms with van der Waals surface area (Å²) in [6.07, 6.45) is -0.469. The van der Waals surface area contributed by atoms with Crippen LogP contribution < -0.4 is 15.8 Å². The molecule has 0 heterocycles. The van der Waals surface area contributed by atoms with Crippen molar-refractivity contribution < 1.29 is 17.9 Å². The molecule has 1 aromatic rings. The van der Waals surface area contributed by atoms with Gasteiger partial charge in [0, 0.05) is 19.1 Å². The van der Waals surface area contributed by atoms with Crippen molar-refractivity contribution in [3.05, 3.63) is 29.8 Å². The van der Waals surface area contributed by atoms with Crippen LogP contribution in [0.2, 0.25) is 0 Å². The molecule has 23 heavy (non-hydrogen) atoms. The van der Waals surface area contributed by atoms with Gasteiger partial charge in [0.25, 0.3) is 0 Å². The molecule has 0 radical (unpaired) electrons. The molecule has 1 rings (SSSR count). The van der Waals surface area contributed by atoms with Crippen molar-refractivity contribution in [3.8, 4) is 0 Å². The van der Waals surface area contributed by atoms with E-state index in [1.54, 1.807) is 26.8 Å². The maximum atomic E-state index is 11.5. The molecule has 4 N–H and O–H groups in total. The summed E-state index contributed by atoms with van der Waals surface area (Å²) >= 11 is 0. The van der Waals surface area contributed by atoms with Crippen molar-refractivity contribution in [1.82, 2.24) is 10.6 Å². The molecule has 0 saturated carbocycles. The summed E-state index contributed by atoms with van der Waals surface area (Å²) in [5, 5.41) is 11.0.